The molecule has 3 aromatic heterocycles. The topological polar surface area (TPSA) is 71.6 Å². The molecule has 0 aromatic carbocycles. The Balaban J connectivity index is 1.85. The van der Waals surface area contributed by atoms with Gasteiger partial charge in [-0.05, 0) is 51.0 Å². The number of carbonyl (C=O) groups excluding carboxylic acids is 1. The third kappa shape index (κ3) is 3.81. The molecule has 0 aliphatic heterocycles. The van der Waals surface area contributed by atoms with Crippen LogP contribution in [0.1, 0.15) is 25.6 Å². The van der Waals surface area contributed by atoms with E-state index in [1.807, 2.05) is 36.0 Å². The summed E-state index contributed by atoms with van der Waals surface area (Å²) in [5.41, 5.74) is 0.363. The van der Waals surface area contributed by atoms with E-state index in [1.54, 1.807) is 11.3 Å². The molecule has 3 aromatic rings. The van der Waals surface area contributed by atoms with Gasteiger partial charge in [0.2, 0.25) is 5.91 Å². The number of thiophene rings is 1. The molecule has 0 radical (unpaired) electrons. The van der Waals surface area contributed by atoms with Gasteiger partial charge in [-0.1, -0.05) is 6.92 Å². The molecule has 0 saturated carbocycles. The number of fused-ring (bicyclic) bond motifs is 3. The molecule has 1 N–H and O–H groups in total. The third-order valence-corrected chi connectivity index (χ3v) is 5.14. The Bertz CT molecular complexity index is 969. The van der Waals surface area contributed by atoms with E-state index in [0.717, 1.165) is 41.8 Å². The summed E-state index contributed by atoms with van der Waals surface area (Å²) in [7, 11) is 4.00. The van der Waals surface area contributed by atoms with Crippen molar-refractivity contribution in [3.05, 3.63) is 33.7 Å². The first kappa shape index (κ1) is 18.6. The highest BCUT2D eigenvalue weighted by atomic mass is 32.1. The summed E-state index contributed by atoms with van der Waals surface area (Å²) in [4.78, 5) is 28.1. The predicted molar refractivity (Wildman–Crippen MR) is 105 cm³/mol. The van der Waals surface area contributed by atoms with E-state index in [0.29, 0.717) is 12.1 Å². The largest absolute Gasteiger partial charge is 0.354 e. The van der Waals surface area contributed by atoms with Crippen molar-refractivity contribution in [3.8, 4) is 0 Å². The minimum atomic E-state index is -0.225. The van der Waals surface area contributed by atoms with E-state index >= 15 is 0 Å². The summed E-state index contributed by atoms with van der Waals surface area (Å²) in [6.45, 7) is 3.53. The highest BCUT2D eigenvalue weighted by Crippen LogP contribution is 2.24. The Labute approximate surface area is 156 Å². The number of aryl methyl sites for hydroxylation is 1. The van der Waals surface area contributed by atoms with Gasteiger partial charge in [0.05, 0.1) is 0 Å². The van der Waals surface area contributed by atoms with Crippen LogP contribution in [0.4, 0.5) is 0 Å². The van der Waals surface area contributed by atoms with Gasteiger partial charge in [0.15, 0.2) is 0 Å². The summed E-state index contributed by atoms with van der Waals surface area (Å²) < 4.78 is 3.24. The lowest BCUT2D eigenvalue weighted by molar-refractivity contribution is -0.121. The highest BCUT2D eigenvalue weighted by Gasteiger charge is 2.16. The normalized spacial score (nSPS) is 11.7. The molecule has 0 atom stereocenters. The number of aromatic nitrogens is 3. The van der Waals surface area contributed by atoms with Gasteiger partial charge in [-0.3, -0.25) is 14.0 Å². The fourth-order valence-electron chi connectivity index (χ4n) is 3.01. The first-order chi connectivity index (χ1) is 12.5. The molecule has 3 rings (SSSR count). The Morgan fingerprint density at radius 1 is 1.38 bits per heavy atom. The van der Waals surface area contributed by atoms with E-state index in [4.69, 9.17) is 0 Å². The summed E-state index contributed by atoms with van der Waals surface area (Å²) in [6, 6.07) is 3.89. The van der Waals surface area contributed by atoms with Crippen molar-refractivity contribution >= 4 is 33.0 Å². The van der Waals surface area contributed by atoms with Gasteiger partial charge in [0.1, 0.15) is 22.7 Å². The van der Waals surface area contributed by atoms with Crippen LogP contribution >= 0.6 is 11.3 Å². The number of carbonyl (C=O) groups is 1. The van der Waals surface area contributed by atoms with Crippen molar-refractivity contribution in [1.29, 1.82) is 0 Å². The second-order valence-electron chi connectivity index (χ2n) is 6.68. The number of nitrogens with one attached hydrogen (secondary N) is 1. The molecule has 7 nitrogen and oxygen atoms in total. The highest BCUT2D eigenvalue weighted by molar-refractivity contribution is 7.16. The quantitative estimate of drug-likeness (QED) is 0.609. The molecule has 1 amide bonds. The Hall–Kier alpha value is -2.19. The van der Waals surface area contributed by atoms with Crippen molar-refractivity contribution in [2.45, 2.75) is 32.7 Å². The number of rotatable bonds is 8. The second kappa shape index (κ2) is 8.01. The predicted octanol–water partition coefficient (Wildman–Crippen LogP) is 1.73. The summed E-state index contributed by atoms with van der Waals surface area (Å²) >= 11 is 1.60. The van der Waals surface area contributed by atoms with Crippen molar-refractivity contribution in [1.82, 2.24) is 24.4 Å². The second-order valence-corrected chi connectivity index (χ2v) is 7.58. The lowest BCUT2D eigenvalue weighted by Gasteiger charge is -2.12. The first-order valence-electron chi connectivity index (χ1n) is 8.91. The molecule has 8 heteroatoms. The minimum absolute atomic E-state index is 0.0488. The first-order valence-corrected chi connectivity index (χ1v) is 9.79. The van der Waals surface area contributed by atoms with Gasteiger partial charge >= 0.3 is 0 Å². The smallest absolute Gasteiger partial charge is 0.291 e. The molecule has 0 fully saturated rings. The minimum Gasteiger partial charge on any atom is -0.354 e. The van der Waals surface area contributed by atoms with Crippen LogP contribution in [0.25, 0.3) is 15.7 Å². The van der Waals surface area contributed by atoms with E-state index < -0.39 is 0 Å². The molecule has 26 heavy (non-hydrogen) atoms. The summed E-state index contributed by atoms with van der Waals surface area (Å²) in [6.07, 6.45) is 2.54. The van der Waals surface area contributed by atoms with Crippen LogP contribution in [0.5, 0.6) is 0 Å². The number of hydrogen-bond acceptors (Lipinski definition) is 5. The van der Waals surface area contributed by atoms with Gasteiger partial charge in [0.25, 0.3) is 5.56 Å². The molecule has 0 aliphatic rings. The fourth-order valence-corrected chi connectivity index (χ4v) is 3.92. The lowest BCUT2D eigenvalue weighted by Crippen LogP contribution is -2.36. The van der Waals surface area contributed by atoms with Crippen LogP contribution in [0.2, 0.25) is 0 Å². The molecule has 0 bridgehead atoms. The third-order valence-electron chi connectivity index (χ3n) is 4.23. The number of nitrogens with zero attached hydrogens (tertiary/aromatic N) is 4. The molecular formula is C18H25N5O2S. The molecule has 3 heterocycles. The SMILES string of the molecule is CCCc1nn(CC(=O)NCCCN(C)C)c(=O)c2cc3ccsc3n12. The molecule has 0 aliphatic carbocycles. The van der Waals surface area contributed by atoms with Crippen LogP contribution in [0.3, 0.4) is 0 Å². The molecule has 0 saturated heterocycles. The van der Waals surface area contributed by atoms with Crippen molar-refractivity contribution in [3.63, 3.8) is 0 Å². The number of hydrogen-bond donors (Lipinski definition) is 1. The lowest BCUT2D eigenvalue weighted by atomic mass is 10.3. The van der Waals surface area contributed by atoms with Gasteiger partial charge < -0.3 is 10.2 Å². The molecule has 140 valence electrons. The van der Waals surface area contributed by atoms with Crippen LogP contribution in [0, 0.1) is 0 Å². The van der Waals surface area contributed by atoms with Crippen molar-refractivity contribution in [2.75, 3.05) is 27.2 Å². The van der Waals surface area contributed by atoms with Gasteiger partial charge in [-0.15, -0.1) is 11.3 Å². The van der Waals surface area contributed by atoms with Crippen LogP contribution in [0.15, 0.2) is 22.3 Å². The zero-order valence-corrected chi connectivity index (χ0v) is 16.3. The maximum atomic E-state index is 12.8. The molecule has 0 unspecified atom stereocenters. The van der Waals surface area contributed by atoms with Gasteiger partial charge in [0, 0.05) is 18.4 Å². The van der Waals surface area contributed by atoms with E-state index in [-0.39, 0.29) is 18.0 Å². The average Bonchev–Trinajstić information content (AvgIpc) is 3.17. The van der Waals surface area contributed by atoms with E-state index in [9.17, 15) is 9.59 Å². The Kier molecular flexibility index (Phi) is 5.73. The van der Waals surface area contributed by atoms with Crippen LogP contribution in [-0.2, 0) is 17.8 Å². The Morgan fingerprint density at radius 2 is 2.19 bits per heavy atom. The van der Waals surface area contributed by atoms with E-state index in [2.05, 4.69) is 22.2 Å². The van der Waals surface area contributed by atoms with Gasteiger partial charge in [-0.2, -0.15) is 5.10 Å². The number of amides is 1. The zero-order chi connectivity index (χ0) is 18.7. The monoisotopic (exact) mass is 375 g/mol. The van der Waals surface area contributed by atoms with E-state index in [1.165, 1.54) is 4.68 Å². The van der Waals surface area contributed by atoms with Gasteiger partial charge in [-0.25, -0.2) is 4.68 Å². The maximum absolute atomic E-state index is 12.8. The zero-order valence-electron chi connectivity index (χ0n) is 15.5. The maximum Gasteiger partial charge on any atom is 0.291 e. The van der Waals surface area contributed by atoms with Crippen molar-refractivity contribution in [2.24, 2.45) is 0 Å². The summed E-state index contributed by atoms with van der Waals surface area (Å²) in [5, 5.41) is 10.4. The van der Waals surface area contributed by atoms with Crippen LogP contribution in [-0.4, -0.2) is 52.2 Å². The summed E-state index contributed by atoms with van der Waals surface area (Å²) in [5.74, 6) is 0.637. The van der Waals surface area contributed by atoms with Crippen LogP contribution < -0.4 is 10.9 Å². The Morgan fingerprint density at radius 3 is 2.92 bits per heavy atom. The van der Waals surface area contributed by atoms with Crippen molar-refractivity contribution < 1.29 is 4.79 Å². The standard InChI is InChI=1S/C18H25N5O2S/c1-4-6-15-20-22(12-16(24)19-8-5-9-21(2)3)17(25)14-11-13-7-10-26-18(13)23(14)15/h7,10-11H,4-6,8-9,12H2,1-3H3,(H,19,24). The fraction of sp³-hybridized carbons (Fsp3) is 0.500. The molecular weight excluding hydrogens is 350 g/mol. The molecule has 0 spiro atoms. The average molecular weight is 375 g/mol.